The predicted molar refractivity (Wildman–Crippen MR) is 122 cm³/mol. The summed E-state index contributed by atoms with van der Waals surface area (Å²) in [6.45, 7) is 3.76. The Morgan fingerprint density at radius 3 is 2.03 bits per heavy atom. The van der Waals surface area contributed by atoms with Gasteiger partial charge in [-0.05, 0) is 55.8 Å². The number of hydrogen-bond acceptors (Lipinski definition) is 7. The Kier molecular flexibility index (Phi) is 5.71. The molecule has 3 aromatic rings. The van der Waals surface area contributed by atoms with Gasteiger partial charge in [-0.2, -0.15) is 0 Å². The Morgan fingerprint density at radius 2 is 1.53 bits per heavy atom. The van der Waals surface area contributed by atoms with Crippen LogP contribution in [0.5, 0.6) is 11.5 Å². The number of carbonyl (C=O) groups is 2. The summed E-state index contributed by atoms with van der Waals surface area (Å²) in [7, 11) is 3.11. The topological polar surface area (TPSA) is 89.0 Å². The minimum atomic E-state index is -0.826. The fourth-order valence-corrected chi connectivity index (χ4v) is 4.53. The third-order valence-corrected chi connectivity index (χ3v) is 6.53. The SMILES string of the molecule is COc1ccc(C(O)=C2C(=O)C(=O)N(c3nc(C)c(C)s3)C2c2ccc(OC)cc2)cc1. The summed E-state index contributed by atoms with van der Waals surface area (Å²) in [6.07, 6.45) is 0. The van der Waals surface area contributed by atoms with E-state index in [1.807, 2.05) is 13.8 Å². The predicted octanol–water partition coefficient (Wildman–Crippen LogP) is 4.40. The van der Waals surface area contributed by atoms with Gasteiger partial charge in [0.25, 0.3) is 5.78 Å². The van der Waals surface area contributed by atoms with Crippen molar-refractivity contribution in [3.8, 4) is 11.5 Å². The van der Waals surface area contributed by atoms with E-state index < -0.39 is 17.7 Å². The summed E-state index contributed by atoms with van der Waals surface area (Å²) in [5, 5.41) is 11.5. The third kappa shape index (κ3) is 3.62. The molecular formula is C24H22N2O5S. The van der Waals surface area contributed by atoms with Gasteiger partial charge in [0.1, 0.15) is 17.3 Å². The Bertz CT molecular complexity index is 1190. The number of thiazole rings is 1. The smallest absolute Gasteiger partial charge is 0.301 e. The Balaban J connectivity index is 1.91. The van der Waals surface area contributed by atoms with Gasteiger partial charge in [-0.25, -0.2) is 4.98 Å². The van der Waals surface area contributed by atoms with Gasteiger partial charge in [-0.15, -0.1) is 11.3 Å². The molecule has 1 amide bonds. The van der Waals surface area contributed by atoms with Gasteiger partial charge in [-0.3, -0.25) is 14.5 Å². The van der Waals surface area contributed by atoms with Crippen LogP contribution in [-0.4, -0.2) is 36.0 Å². The molecule has 2 heterocycles. The number of amides is 1. The molecule has 1 N–H and O–H groups in total. The van der Waals surface area contributed by atoms with Crippen LogP contribution in [0.3, 0.4) is 0 Å². The summed E-state index contributed by atoms with van der Waals surface area (Å²) in [5.74, 6) is -0.483. The molecule has 0 bridgehead atoms. The second kappa shape index (κ2) is 8.47. The van der Waals surface area contributed by atoms with E-state index in [-0.39, 0.29) is 11.3 Å². The van der Waals surface area contributed by atoms with Crippen molar-refractivity contribution >= 4 is 33.9 Å². The van der Waals surface area contributed by atoms with Crippen molar-refractivity contribution in [1.82, 2.24) is 4.98 Å². The molecule has 4 rings (SSSR count). The van der Waals surface area contributed by atoms with E-state index in [0.717, 1.165) is 10.6 Å². The lowest BCUT2D eigenvalue weighted by molar-refractivity contribution is -0.132. The molecule has 2 aromatic carbocycles. The first kappa shape index (κ1) is 21.6. The molecule has 1 fully saturated rings. The number of rotatable bonds is 5. The molecule has 0 aliphatic carbocycles. The molecule has 1 aliphatic rings. The molecule has 0 saturated carbocycles. The van der Waals surface area contributed by atoms with Crippen LogP contribution in [0.25, 0.3) is 5.76 Å². The van der Waals surface area contributed by atoms with Crippen molar-refractivity contribution in [3.63, 3.8) is 0 Å². The van der Waals surface area contributed by atoms with Gasteiger partial charge in [0.2, 0.25) is 0 Å². The van der Waals surface area contributed by atoms with Gasteiger partial charge in [0, 0.05) is 10.4 Å². The normalized spacial score (nSPS) is 17.6. The number of aryl methyl sites for hydroxylation is 2. The molecule has 7 nitrogen and oxygen atoms in total. The molecule has 164 valence electrons. The van der Waals surface area contributed by atoms with Crippen LogP contribution in [0.2, 0.25) is 0 Å². The lowest BCUT2D eigenvalue weighted by Gasteiger charge is -2.23. The fourth-order valence-electron chi connectivity index (χ4n) is 3.59. The Morgan fingerprint density at radius 1 is 0.969 bits per heavy atom. The summed E-state index contributed by atoms with van der Waals surface area (Å²) in [4.78, 5) is 33.1. The van der Waals surface area contributed by atoms with Gasteiger partial charge in [-0.1, -0.05) is 12.1 Å². The highest BCUT2D eigenvalue weighted by molar-refractivity contribution is 7.16. The van der Waals surface area contributed by atoms with Gasteiger partial charge < -0.3 is 14.6 Å². The van der Waals surface area contributed by atoms with E-state index in [0.29, 0.717) is 27.8 Å². The van der Waals surface area contributed by atoms with E-state index >= 15 is 0 Å². The zero-order valence-corrected chi connectivity index (χ0v) is 18.9. The Hall–Kier alpha value is -3.65. The van der Waals surface area contributed by atoms with Crippen LogP contribution in [0.15, 0.2) is 54.1 Å². The number of Topliss-reactive ketones (excluding diaryl/α,β-unsaturated/α-hetero) is 1. The highest BCUT2D eigenvalue weighted by Gasteiger charge is 2.48. The lowest BCUT2D eigenvalue weighted by Crippen LogP contribution is -2.29. The molecule has 0 radical (unpaired) electrons. The van der Waals surface area contributed by atoms with Crippen LogP contribution < -0.4 is 14.4 Å². The fraction of sp³-hybridized carbons (Fsp3) is 0.208. The quantitative estimate of drug-likeness (QED) is 0.352. The van der Waals surface area contributed by atoms with E-state index in [1.165, 1.54) is 16.2 Å². The first-order valence-corrected chi connectivity index (χ1v) is 10.7. The maximum Gasteiger partial charge on any atom is 0.301 e. The third-order valence-electron chi connectivity index (χ3n) is 5.46. The number of nitrogens with zero attached hydrogens (tertiary/aromatic N) is 2. The van der Waals surface area contributed by atoms with E-state index in [1.54, 1.807) is 62.8 Å². The van der Waals surface area contributed by atoms with Crippen molar-refractivity contribution in [2.75, 3.05) is 19.1 Å². The minimum Gasteiger partial charge on any atom is -0.507 e. The largest absolute Gasteiger partial charge is 0.507 e. The maximum absolute atomic E-state index is 13.1. The Labute approximate surface area is 189 Å². The van der Waals surface area contributed by atoms with Crippen LogP contribution in [0, 0.1) is 13.8 Å². The number of benzene rings is 2. The molecule has 1 aromatic heterocycles. The standard InChI is InChI=1S/C24H22N2O5S/c1-13-14(2)32-24(25-13)26-20(15-5-9-17(30-3)10-6-15)19(22(28)23(26)29)21(27)16-7-11-18(31-4)12-8-16/h5-12,20,27H,1-4H3. The molecule has 1 saturated heterocycles. The number of hydrogen-bond donors (Lipinski definition) is 1. The number of aromatic nitrogens is 1. The number of methoxy groups -OCH3 is 2. The lowest BCUT2D eigenvalue weighted by atomic mass is 9.95. The minimum absolute atomic E-state index is 0.0100. The molecule has 8 heteroatoms. The number of aliphatic hydroxyl groups excluding tert-OH is 1. The molecular weight excluding hydrogens is 428 g/mol. The average molecular weight is 451 g/mol. The number of anilines is 1. The van der Waals surface area contributed by atoms with Crippen molar-refractivity contribution in [2.45, 2.75) is 19.9 Å². The van der Waals surface area contributed by atoms with E-state index in [2.05, 4.69) is 4.98 Å². The molecule has 0 spiro atoms. The number of ketones is 1. The first-order chi connectivity index (χ1) is 15.3. The second-order valence-electron chi connectivity index (χ2n) is 7.31. The van der Waals surface area contributed by atoms with E-state index in [4.69, 9.17) is 9.47 Å². The van der Waals surface area contributed by atoms with Crippen molar-refractivity contribution < 1.29 is 24.2 Å². The highest BCUT2D eigenvalue weighted by atomic mass is 32.1. The molecule has 1 atom stereocenters. The molecule has 32 heavy (non-hydrogen) atoms. The zero-order valence-electron chi connectivity index (χ0n) is 18.1. The van der Waals surface area contributed by atoms with Crippen molar-refractivity contribution in [1.29, 1.82) is 0 Å². The summed E-state index contributed by atoms with van der Waals surface area (Å²) >= 11 is 1.33. The molecule has 1 unspecified atom stereocenters. The van der Waals surface area contributed by atoms with Gasteiger partial charge >= 0.3 is 5.91 Å². The number of aliphatic hydroxyl groups is 1. The number of ether oxygens (including phenoxy) is 2. The highest BCUT2D eigenvalue weighted by Crippen LogP contribution is 2.44. The van der Waals surface area contributed by atoms with Gasteiger partial charge in [0.15, 0.2) is 5.13 Å². The summed E-state index contributed by atoms with van der Waals surface area (Å²) < 4.78 is 10.4. The summed E-state index contributed by atoms with van der Waals surface area (Å²) in [6, 6.07) is 12.9. The summed E-state index contributed by atoms with van der Waals surface area (Å²) in [5.41, 5.74) is 1.87. The van der Waals surface area contributed by atoms with Crippen molar-refractivity contribution in [2.24, 2.45) is 0 Å². The second-order valence-corrected chi connectivity index (χ2v) is 8.49. The zero-order chi connectivity index (χ0) is 23.0. The monoisotopic (exact) mass is 450 g/mol. The van der Waals surface area contributed by atoms with Crippen LogP contribution in [-0.2, 0) is 9.59 Å². The first-order valence-electron chi connectivity index (χ1n) is 9.89. The van der Waals surface area contributed by atoms with Crippen LogP contribution in [0.1, 0.15) is 27.7 Å². The maximum atomic E-state index is 13.1. The van der Waals surface area contributed by atoms with Gasteiger partial charge in [0.05, 0.1) is 31.5 Å². The average Bonchev–Trinajstić information content (AvgIpc) is 3.28. The van der Waals surface area contributed by atoms with Crippen LogP contribution in [0.4, 0.5) is 5.13 Å². The number of carbonyl (C=O) groups excluding carboxylic acids is 2. The van der Waals surface area contributed by atoms with E-state index in [9.17, 15) is 14.7 Å². The van der Waals surface area contributed by atoms with Crippen LogP contribution >= 0.6 is 11.3 Å². The molecule has 1 aliphatic heterocycles. The van der Waals surface area contributed by atoms with Crippen molar-refractivity contribution in [3.05, 3.63) is 75.8 Å².